The molecule has 1 atom stereocenters. The van der Waals surface area contributed by atoms with Crippen LogP contribution in [0.3, 0.4) is 0 Å². The maximum absolute atomic E-state index is 6.91. The Labute approximate surface area is 386 Å². The van der Waals surface area contributed by atoms with Gasteiger partial charge in [0, 0.05) is 72.6 Å². The quantitative estimate of drug-likeness (QED) is 0.101. The van der Waals surface area contributed by atoms with Crippen molar-refractivity contribution in [1.29, 1.82) is 0 Å². The van der Waals surface area contributed by atoms with Crippen molar-refractivity contribution in [2.75, 3.05) is 9.80 Å². The van der Waals surface area contributed by atoms with Gasteiger partial charge in [-0.1, -0.05) is 155 Å². The van der Waals surface area contributed by atoms with E-state index in [-0.39, 0.29) is 26.5 Å². The summed E-state index contributed by atoms with van der Waals surface area (Å²) >= 11 is 0. The number of ether oxygens (including phenoxy) is 1. The van der Waals surface area contributed by atoms with Crippen LogP contribution in [0.2, 0.25) is 6.32 Å². The molecule has 1 aliphatic carbocycles. The van der Waals surface area contributed by atoms with Gasteiger partial charge in [-0.3, -0.25) is 0 Å². The Morgan fingerprint density at radius 1 is 0.762 bits per heavy atom. The van der Waals surface area contributed by atoms with Crippen LogP contribution in [0, 0.1) is 18.8 Å². The first kappa shape index (κ1) is 40.9. The Balaban J connectivity index is 0.00000471. The molecule has 0 N–H and O–H groups in total. The number of benzene rings is 6. The Hall–Kier alpha value is -6.10. The Kier molecular flexibility index (Phi) is 10.8. The molecule has 2 aromatic heterocycles. The van der Waals surface area contributed by atoms with E-state index in [1.807, 2.05) is 12.3 Å². The fraction of sp³-hybridized carbons (Fsp3) is 0.179. The number of hydrogen-bond acceptors (Lipinski definition) is 4. The molecule has 63 heavy (non-hydrogen) atoms. The number of anilines is 4. The largest absolute Gasteiger partial charge is 0.509 e. The Morgan fingerprint density at radius 2 is 1.44 bits per heavy atom. The minimum Gasteiger partial charge on any atom is -0.509 e. The van der Waals surface area contributed by atoms with Gasteiger partial charge in [-0.2, -0.15) is 11.5 Å². The zero-order valence-electron chi connectivity index (χ0n) is 36.1. The van der Waals surface area contributed by atoms with Gasteiger partial charge < -0.3 is 19.1 Å². The summed E-state index contributed by atoms with van der Waals surface area (Å²) in [6.07, 6.45) is 11.2. The van der Waals surface area contributed by atoms with E-state index in [4.69, 9.17) is 9.72 Å². The number of pyridine rings is 1. The van der Waals surface area contributed by atoms with Gasteiger partial charge in [0.15, 0.2) is 6.71 Å². The van der Waals surface area contributed by atoms with E-state index in [0.29, 0.717) is 24.0 Å². The summed E-state index contributed by atoms with van der Waals surface area (Å²) in [5, 5.41) is 1.33. The third-order valence-corrected chi connectivity index (χ3v) is 13.0. The van der Waals surface area contributed by atoms with E-state index < -0.39 is 0 Å². The first-order valence-electron chi connectivity index (χ1n) is 22.1. The number of allylic oxidation sites excluding steroid dienone is 1. The molecule has 0 saturated carbocycles. The summed E-state index contributed by atoms with van der Waals surface area (Å²) in [7, 11) is 0. The molecule has 4 heterocycles. The first-order chi connectivity index (χ1) is 30.4. The third kappa shape index (κ3) is 7.13. The fourth-order valence-corrected chi connectivity index (χ4v) is 10.1. The summed E-state index contributed by atoms with van der Waals surface area (Å²) in [5.41, 5.74) is 15.2. The van der Waals surface area contributed by atoms with Crippen LogP contribution >= 0.6 is 0 Å². The molecule has 5 nitrogen and oxygen atoms in total. The predicted octanol–water partition coefficient (Wildman–Crippen LogP) is 14.0. The van der Waals surface area contributed by atoms with E-state index >= 15 is 0 Å². The number of rotatable bonds is 10. The standard InChI is InChI=1S/C56H48BN4O.Pt/c1-5-6-31-57-46-26-17-29-50-53(46)54-47(57)35-43(36-51(54)61(50)52-33-40(30-32-58-52)56(2,3)4)62-42-23-15-22-41(34-42)59-37-60(49-28-14-13-27-48(49)59)55-44(38-18-9-7-10-19-38)24-16-25-45(55)39-20-11-8-12-21-39;/h7-25,27-30,32-33,35,37,46H,5-6,26,31H2,1-4H3;/q-3;. The van der Waals surface area contributed by atoms with Crippen LogP contribution in [0.15, 0.2) is 152 Å². The summed E-state index contributed by atoms with van der Waals surface area (Å²) in [6, 6.07) is 56.9. The number of aromatic nitrogens is 2. The zero-order valence-corrected chi connectivity index (χ0v) is 38.4. The molecular weight excluding hydrogens is 951 g/mol. The maximum Gasteiger partial charge on any atom is 0.156 e. The summed E-state index contributed by atoms with van der Waals surface area (Å²) in [5.74, 6) is 2.70. The van der Waals surface area contributed by atoms with E-state index in [2.05, 4.69) is 206 Å². The van der Waals surface area contributed by atoms with Crippen LogP contribution in [-0.4, -0.2) is 16.3 Å². The van der Waals surface area contributed by atoms with Gasteiger partial charge in [-0.05, 0) is 64.7 Å². The van der Waals surface area contributed by atoms with E-state index in [9.17, 15) is 0 Å². The molecule has 7 heteroatoms. The predicted molar refractivity (Wildman–Crippen MR) is 258 cm³/mol. The zero-order chi connectivity index (χ0) is 42.0. The molecule has 0 radical (unpaired) electrons. The number of para-hydroxylation sites is 3. The average molecular weight is 999 g/mol. The van der Waals surface area contributed by atoms with Crippen LogP contribution in [0.4, 0.5) is 22.7 Å². The number of fused-ring (bicyclic) bond motifs is 1. The van der Waals surface area contributed by atoms with Crippen molar-refractivity contribution in [3.8, 4) is 39.6 Å². The Morgan fingerprint density at radius 3 is 2.14 bits per heavy atom. The molecule has 0 amide bonds. The van der Waals surface area contributed by atoms with Crippen molar-refractivity contribution >= 4 is 51.9 Å². The molecular formula is C56H48BN4OPt-3. The van der Waals surface area contributed by atoms with Crippen molar-refractivity contribution in [1.82, 2.24) is 9.55 Å². The van der Waals surface area contributed by atoms with Crippen molar-refractivity contribution in [3.63, 3.8) is 0 Å². The van der Waals surface area contributed by atoms with Gasteiger partial charge in [0.25, 0.3) is 0 Å². The van der Waals surface area contributed by atoms with Gasteiger partial charge in [-0.25, -0.2) is 4.98 Å². The molecule has 0 saturated heterocycles. The van der Waals surface area contributed by atoms with E-state index in [1.165, 1.54) is 40.5 Å². The van der Waals surface area contributed by atoms with Gasteiger partial charge in [-0.15, -0.1) is 48.1 Å². The van der Waals surface area contributed by atoms with Crippen LogP contribution in [0.25, 0.3) is 45.1 Å². The first-order valence-corrected chi connectivity index (χ1v) is 22.1. The van der Waals surface area contributed by atoms with Gasteiger partial charge in [0.1, 0.15) is 5.82 Å². The van der Waals surface area contributed by atoms with E-state index in [0.717, 1.165) is 69.1 Å². The smallest absolute Gasteiger partial charge is 0.156 e. The maximum atomic E-state index is 6.91. The van der Waals surface area contributed by atoms with Crippen LogP contribution in [-0.2, 0) is 26.5 Å². The molecule has 0 fully saturated rings. The second-order valence-electron chi connectivity index (χ2n) is 17.9. The summed E-state index contributed by atoms with van der Waals surface area (Å²) < 4.78 is 9.24. The molecule has 314 valence electrons. The topological polar surface area (TPSA) is 33.5 Å². The number of hydrogen-bond donors (Lipinski definition) is 0. The molecule has 3 aliphatic rings. The minimum absolute atomic E-state index is 0. The monoisotopic (exact) mass is 998 g/mol. The second-order valence-corrected chi connectivity index (χ2v) is 17.9. The Bertz CT molecular complexity index is 2950. The normalized spacial score (nSPS) is 14.9. The van der Waals surface area contributed by atoms with Gasteiger partial charge >= 0.3 is 0 Å². The molecule has 6 aromatic carbocycles. The van der Waals surface area contributed by atoms with E-state index in [1.54, 1.807) is 0 Å². The molecule has 1 unspecified atom stereocenters. The molecule has 11 rings (SSSR count). The van der Waals surface area contributed by atoms with Crippen molar-refractivity contribution in [2.45, 2.75) is 64.5 Å². The molecule has 8 aromatic rings. The summed E-state index contributed by atoms with van der Waals surface area (Å²) in [6.45, 7) is 11.7. The van der Waals surface area contributed by atoms with Crippen molar-refractivity contribution < 1.29 is 25.8 Å². The van der Waals surface area contributed by atoms with Crippen LogP contribution in [0.5, 0.6) is 11.5 Å². The summed E-state index contributed by atoms with van der Waals surface area (Å²) in [4.78, 5) is 9.54. The molecule has 0 bridgehead atoms. The second kappa shape index (κ2) is 16.6. The van der Waals surface area contributed by atoms with Crippen LogP contribution in [0.1, 0.15) is 69.6 Å². The SMILES string of the molecule is CCCCB1c2cc(Oc3[c-]c(N4[CH-]N(c5c(-c6ccccc6)cccc5-c5ccccc5)c5ccccc54)ccc3)[c-]c3c2c2c(n3-c3cc(C(C)(C)C)ccn3)C=CCC12.[Pt]. The third-order valence-electron chi connectivity index (χ3n) is 13.0. The van der Waals surface area contributed by atoms with Gasteiger partial charge in [0.2, 0.25) is 0 Å². The molecule has 2 aliphatic heterocycles. The van der Waals surface area contributed by atoms with Crippen LogP contribution < -0.4 is 20.0 Å². The van der Waals surface area contributed by atoms with Crippen molar-refractivity contribution in [3.05, 3.63) is 187 Å². The number of unbranched alkanes of at least 4 members (excludes halogenated alkanes) is 1. The average Bonchev–Trinajstić information content (AvgIpc) is 3.96. The fourth-order valence-electron chi connectivity index (χ4n) is 10.1. The molecule has 0 spiro atoms. The minimum atomic E-state index is -0.00876. The number of nitrogens with zero attached hydrogens (tertiary/aromatic N) is 4. The van der Waals surface area contributed by atoms with Gasteiger partial charge in [0.05, 0.1) is 0 Å². The van der Waals surface area contributed by atoms with Crippen molar-refractivity contribution in [2.24, 2.45) is 0 Å².